The average Bonchev–Trinajstić information content (AvgIpc) is 2.53. The molecule has 5 nitrogen and oxygen atoms in total. The van der Waals surface area contributed by atoms with Crippen LogP contribution in [0.1, 0.15) is 24.2 Å². The fourth-order valence-electron chi connectivity index (χ4n) is 2.61. The van der Waals surface area contributed by atoms with Crippen molar-refractivity contribution in [1.82, 2.24) is 0 Å². The molecule has 1 aliphatic rings. The molecule has 1 aliphatic heterocycles. The summed E-state index contributed by atoms with van der Waals surface area (Å²) in [5.74, 6) is -1.22. The number of nitriles is 1. The number of hydrogen-bond donors (Lipinski definition) is 1. The molecule has 23 heavy (non-hydrogen) atoms. The molecule has 1 amide bonds. The molecule has 0 saturated heterocycles. The molecule has 1 heterocycles. The molecule has 0 unspecified atom stereocenters. The maximum atomic E-state index is 12.8. The van der Waals surface area contributed by atoms with Gasteiger partial charge in [-0.05, 0) is 6.92 Å². The monoisotopic (exact) mass is 327 g/mol. The van der Waals surface area contributed by atoms with Crippen LogP contribution in [0.2, 0.25) is 0 Å². The third-order valence-corrected chi connectivity index (χ3v) is 4.74. The smallest absolute Gasteiger partial charge is 0.227 e. The van der Waals surface area contributed by atoms with Crippen molar-refractivity contribution in [2.75, 3.05) is 5.75 Å². The standard InChI is InChI=1S/C17H17N3O2S/c1-10-13(8-18)17(23-9-14(19)21)20-11(2)15(10)16(22)12-6-4-3-5-7-12/h3-7,10,15H,9H2,1-2H3,(H2,19,21)/t10-,15-/m0/s1. The molecule has 118 valence electrons. The zero-order valence-electron chi connectivity index (χ0n) is 12.9. The minimum atomic E-state index is -0.470. The van der Waals surface area contributed by atoms with Gasteiger partial charge in [-0.2, -0.15) is 5.26 Å². The number of carbonyl (C=O) groups excluding carboxylic acids is 2. The lowest BCUT2D eigenvalue weighted by Gasteiger charge is -2.27. The summed E-state index contributed by atoms with van der Waals surface area (Å²) >= 11 is 1.14. The molecule has 0 aromatic heterocycles. The Morgan fingerprint density at radius 2 is 2.00 bits per heavy atom. The zero-order valence-corrected chi connectivity index (χ0v) is 13.8. The summed E-state index contributed by atoms with van der Waals surface area (Å²) in [7, 11) is 0. The fraction of sp³-hybridized carbons (Fsp3) is 0.294. The van der Waals surface area contributed by atoms with Gasteiger partial charge in [0.2, 0.25) is 5.91 Å². The first-order chi connectivity index (χ1) is 11.0. The summed E-state index contributed by atoms with van der Waals surface area (Å²) in [6.45, 7) is 3.62. The number of rotatable bonds is 5. The van der Waals surface area contributed by atoms with E-state index in [0.29, 0.717) is 21.9 Å². The molecule has 1 aromatic carbocycles. The largest absolute Gasteiger partial charge is 0.369 e. The van der Waals surface area contributed by atoms with Crippen LogP contribution in [0.4, 0.5) is 0 Å². The molecule has 0 spiro atoms. The van der Waals surface area contributed by atoms with Gasteiger partial charge in [0.05, 0.1) is 23.3 Å². The second-order valence-electron chi connectivity index (χ2n) is 5.34. The van der Waals surface area contributed by atoms with Gasteiger partial charge in [-0.15, -0.1) is 0 Å². The van der Waals surface area contributed by atoms with E-state index in [1.165, 1.54) is 0 Å². The maximum Gasteiger partial charge on any atom is 0.227 e. The van der Waals surface area contributed by atoms with Crippen LogP contribution in [0, 0.1) is 23.2 Å². The highest BCUT2D eigenvalue weighted by atomic mass is 32.2. The first-order valence-corrected chi connectivity index (χ1v) is 8.14. The number of carbonyl (C=O) groups is 2. The van der Waals surface area contributed by atoms with Crippen LogP contribution in [-0.2, 0) is 4.79 Å². The van der Waals surface area contributed by atoms with Crippen molar-refractivity contribution in [1.29, 1.82) is 5.26 Å². The van der Waals surface area contributed by atoms with E-state index in [1.54, 1.807) is 19.1 Å². The van der Waals surface area contributed by atoms with Gasteiger partial charge >= 0.3 is 0 Å². The van der Waals surface area contributed by atoms with Crippen LogP contribution in [-0.4, -0.2) is 23.2 Å². The number of thioether (sulfide) groups is 1. The Morgan fingerprint density at radius 1 is 1.35 bits per heavy atom. The molecule has 6 heteroatoms. The topological polar surface area (TPSA) is 96.3 Å². The normalized spacial score (nSPS) is 20.7. The van der Waals surface area contributed by atoms with Gasteiger partial charge in [0.15, 0.2) is 5.78 Å². The summed E-state index contributed by atoms with van der Waals surface area (Å²) < 4.78 is 0. The molecular formula is C17H17N3O2S. The first kappa shape index (κ1) is 17.0. The van der Waals surface area contributed by atoms with Crippen LogP contribution in [0.25, 0.3) is 0 Å². The van der Waals surface area contributed by atoms with Gasteiger partial charge in [-0.25, -0.2) is 4.99 Å². The van der Waals surface area contributed by atoms with E-state index in [0.717, 1.165) is 11.8 Å². The minimum absolute atomic E-state index is 0.0500. The maximum absolute atomic E-state index is 12.8. The second-order valence-corrected chi connectivity index (χ2v) is 6.30. The number of aliphatic imine (C=N–C) groups is 1. The molecule has 0 radical (unpaired) electrons. The molecule has 1 aromatic rings. The van der Waals surface area contributed by atoms with Crippen molar-refractivity contribution in [3.8, 4) is 6.07 Å². The van der Waals surface area contributed by atoms with E-state index in [2.05, 4.69) is 11.1 Å². The number of nitrogens with zero attached hydrogens (tertiary/aromatic N) is 2. The van der Waals surface area contributed by atoms with Gasteiger partial charge in [-0.3, -0.25) is 9.59 Å². The van der Waals surface area contributed by atoms with Gasteiger partial charge in [-0.1, -0.05) is 49.0 Å². The van der Waals surface area contributed by atoms with Crippen molar-refractivity contribution in [3.05, 3.63) is 46.5 Å². The lowest BCUT2D eigenvalue weighted by atomic mass is 9.78. The highest BCUT2D eigenvalue weighted by Gasteiger charge is 2.35. The predicted molar refractivity (Wildman–Crippen MR) is 90.8 cm³/mol. The van der Waals surface area contributed by atoms with Crippen molar-refractivity contribution in [3.63, 3.8) is 0 Å². The molecule has 2 rings (SSSR count). The van der Waals surface area contributed by atoms with E-state index < -0.39 is 11.8 Å². The number of amides is 1. The summed E-state index contributed by atoms with van der Waals surface area (Å²) in [6.07, 6.45) is 0. The molecule has 0 fully saturated rings. The Hall–Kier alpha value is -2.39. The first-order valence-electron chi connectivity index (χ1n) is 7.15. The molecular weight excluding hydrogens is 310 g/mol. The SMILES string of the molecule is CC1=NC(SCC(N)=O)=C(C#N)[C@H](C)[C@@H]1C(=O)c1ccccc1. The summed E-state index contributed by atoms with van der Waals surface area (Å²) in [6, 6.07) is 11.1. The van der Waals surface area contributed by atoms with Gasteiger partial charge in [0.25, 0.3) is 0 Å². The molecule has 0 saturated carbocycles. The Kier molecular flexibility index (Phi) is 5.35. The highest BCUT2D eigenvalue weighted by Crippen LogP contribution is 2.36. The number of ketones is 1. The Bertz CT molecular complexity index is 732. The number of primary amides is 1. The second kappa shape index (κ2) is 7.25. The van der Waals surface area contributed by atoms with Crippen LogP contribution in [0.15, 0.2) is 45.9 Å². The van der Waals surface area contributed by atoms with Crippen molar-refractivity contribution in [2.45, 2.75) is 13.8 Å². The van der Waals surface area contributed by atoms with E-state index in [4.69, 9.17) is 5.73 Å². The quantitative estimate of drug-likeness (QED) is 0.840. The van der Waals surface area contributed by atoms with Crippen LogP contribution in [0.5, 0.6) is 0 Å². The van der Waals surface area contributed by atoms with Crippen LogP contribution < -0.4 is 5.73 Å². The Labute approximate surface area is 139 Å². The van der Waals surface area contributed by atoms with Crippen molar-refractivity contribution >= 4 is 29.2 Å². The molecule has 0 bridgehead atoms. The van der Waals surface area contributed by atoms with E-state index >= 15 is 0 Å². The van der Waals surface area contributed by atoms with Gasteiger partial charge in [0, 0.05) is 17.2 Å². The summed E-state index contributed by atoms with van der Waals surface area (Å²) in [5.41, 5.74) is 6.83. The van der Waals surface area contributed by atoms with Crippen molar-refractivity contribution < 1.29 is 9.59 Å². The lowest BCUT2D eigenvalue weighted by Crippen LogP contribution is -2.32. The van der Waals surface area contributed by atoms with Gasteiger partial charge < -0.3 is 5.73 Å². The molecule has 2 atom stereocenters. The third-order valence-electron chi connectivity index (χ3n) is 3.73. The predicted octanol–water partition coefficient (Wildman–Crippen LogP) is 2.55. The number of allylic oxidation sites excluding steroid dienone is 1. The van der Waals surface area contributed by atoms with E-state index in [9.17, 15) is 14.9 Å². The average molecular weight is 327 g/mol. The van der Waals surface area contributed by atoms with E-state index in [1.807, 2.05) is 25.1 Å². The highest BCUT2D eigenvalue weighted by molar-refractivity contribution is 8.03. The number of Topliss-reactive ketones (excluding diaryl/α,β-unsaturated/α-hetero) is 1. The van der Waals surface area contributed by atoms with Crippen LogP contribution >= 0.6 is 11.8 Å². The number of benzene rings is 1. The molecule has 0 aliphatic carbocycles. The minimum Gasteiger partial charge on any atom is -0.369 e. The van der Waals surface area contributed by atoms with Crippen LogP contribution in [0.3, 0.4) is 0 Å². The third kappa shape index (κ3) is 3.69. The summed E-state index contributed by atoms with van der Waals surface area (Å²) in [4.78, 5) is 28.1. The van der Waals surface area contributed by atoms with Gasteiger partial charge in [0.1, 0.15) is 5.03 Å². The van der Waals surface area contributed by atoms with Crippen molar-refractivity contribution in [2.24, 2.45) is 22.6 Å². The number of hydrogen-bond acceptors (Lipinski definition) is 5. The van der Waals surface area contributed by atoms with E-state index in [-0.39, 0.29) is 17.5 Å². The Morgan fingerprint density at radius 3 is 2.57 bits per heavy atom. The zero-order chi connectivity index (χ0) is 17.0. The Balaban J connectivity index is 2.34. The molecule has 2 N–H and O–H groups in total. The summed E-state index contributed by atoms with van der Waals surface area (Å²) in [5, 5.41) is 9.92. The lowest BCUT2D eigenvalue weighted by molar-refractivity contribution is -0.115. The fourth-order valence-corrected chi connectivity index (χ4v) is 3.49. The number of nitrogens with two attached hydrogens (primary N) is 1.